The van der Waals surface area contributed by atoms with Crippen LogP contribution in [-0.2, 0) is 23.8 Å². The van der Waals surface area contributed by atoms with Gasteiger partial charge in [-0.3, -0.25) is 9.59 Å². The van der Waals surface area contributed by atoms with Crippen LogP contribution >= 0.6 is 11.6 Å². The molecule has 0 aliphatic carbocycles. The Labute approximate surface area is 208 Å². The molecule has 3 heterocycles. The molecule has 11 heteroatoms. The van der Waals surface area contributed by atoms with Gasteiger partial charge in [0, 0.05) is 31.8 Å². The number of carbonyl (C=O) groups excluding carboxylic acids is 2. The number of aromatic nitrogens is 1. The molecule has 0 bridgehead atoms. The summed E-state index contributed by atoms with van der Waals surface area (Å²) in [6.45, 7) is 7.85. The maximum absolute atomic E-state index is 15.2. The zero-order chi connectivity index (χ0) is 26.1. The number of fused-ring (bicyclic) bond motifs is 1. The quantitative estimate of drug-likeness (QED) is 0.345. The van der Waals surface area contributed by atoms with Crippen molar-refractivity contribution < 1.29 is 42.8 Å². The fourth-order valence-electron chi connectivity index (χ4n) is 4.15. The van der Waals surface area contributed by atoms with E-state index in [-0.39, 0.29) is 25.1 Å². The zero-order valence-electron chi connectivity index (χ0n) is 20.5. The van der Waals surface area contributed by atoms with Gasteiger partial charge in [-0.15, -0.1) is 0 Å². The largest absolute Gasteiger partial charge is 0.455 e. The van der Waals surface area contributed by atoms with Crippen LogP contribution in [0.2, 0.25) is 0 Å². The summed E-state index contributed by atoms with van der Waals surface area (Å²) in [6.07, 6.45) is -3.31. The number of halogens is 2. The Bertz CT molecular complexity index is 965. The number of oxazole rings is 1. The number of epoxide rings is 1. The number of Topliss-reactive ketones (excluding diaryl/α,β-unsaturated/α-hetero) is 1. The molecule has 3 rings (SSSR count). The summed E-state index contributed by atoms with van der Waals surface area (Å²) in [4.78, 5) is 29.8. The number of ketones is 1. The van der Waals surface area contributed by atoms with Crippen LogP contribution in [0.25, 0.3) is 6.08 Å². The van der Waals surface area contributed by atoms with Crippen molar-refractivity contribution in [3.05, 3.63) is 23.7 Å². The fraction of sp³-hybridized carbons (Fsp3) is 0.708. The molecular formula is C24H33ClFNO8. The Balaban J connectivity index is 1.85. The minimum atomic E-state index is -1.43. The van der Waals surface area contributed by atoms with E-state index < -0.39 is 70.9 Å². The van der Waals surface area contributed by atoms with Crippen molar-refractivity contribution in [2.24, 2.45) is 11.3 Å². The summed E-state index contributed by atoms with van der Waals surface area (Å²) in [5, 5.41) is 20.2. The molecule has 35 heavy (non-hydrogen) atoms. The van der Waals surface area contributed by atoms with E-state index in [1.54, 1.807) is 13.8 Å². The van der Waals surface area contributed by atoms with Gasteiger partial charge in [-0.05, 0) is 6.92 Å². The van der Waals surface area contributed by atoms with Crippen LogP contribution in [0.3, 0.4) is 0 Å². The summed E-state index contributed by atoms with van der Waals surface area (Å²) in [6, 6.07) is 0. The highest BCUT2D eigenvalue weighted by Gasteiger charge is 2.56. The maximum Gasteiger partial charge on any atom is 0.309 e. The second kappa shape index (κ2) is 10.6. The van der Waals surface area contributed by atoms with E-state index in [0.717, 1.165) is 6.08 Å². The van der Waals surface area contributed by atoms with E-state index in [4.69, 9.17) is 30.2 Å². The summed E-state index contributed by atoms with van der Waals surface area (Å²) in [5.74, 6) is -2.69. The number of alkyl halides is 1. The highest BCUT2D eigenvalue weighted by molar-refractivity contribution is 6.25. The number of ether oxygens (including phenoxy) is 3. The van der Waals surface area contributed by atoms with Gasteiger partial charge in [0.05, 0.1) is 36.8 Å². The molecule has 2 N–H and O–H groups in total. The lowest BCUT2D eigenvalue weighted by Gasteiger charge is -2.34. The lowest BCUT2D eigenvalue weighted by Crippen LogP contribution is -2.47. The monoisotopic (exact) mass is 517 g/mol. The first-order valence-corrected chi connectivity index (χ1v) is 12.0. The molecule has 2 aliphatic rings. The van der Waals surface area contributed by atoms with Crippen molar-refractivity contribution in [2.45, 2.75) is 89.5 Å². The molecule has 0 unspecified atom stereocenters. The molecule has 2 saturated heterocycles. The van der Waals surface area contributed by atoms with Crippen LogP contribution in [-0.4, -0.2) is 69.1 Å². The van der Waals surface area contributed by atoms with E-state index >= 15 is 4.39 Å². The number of rotatable bonds is 2. The number of hydrogen-bond acceptors (Lipinski definition) is 9. The molecule has 7 atom stereocenters. The molecule has 1 aromatic rings. The Morgan fingerprint density at radius 2 is 1.97 bits per heavy atom. The Kier molecular flexibility index (Phi) is 8.43. The minimum absolute atomic E-state index is 0.0813. The fourth-order valence-corrected chi connectivity index (χ4v) is 4.43. The standard InChI is InChI=1S/C24H33ClFNO8/c1-12-21(30)13(2)32-7-6-24(25)19(35-24)9-17(16(26)8-15-11-33-14(3)27-15)34-20(29)10-18(28)23(4,5)22(12)31/h8,11-13,17-19,21,28,30H,6-7,9-10H2,1-5H3/t12-,13+,17+,18+,19+,21+,24-/m1/s1. The minimum Gasteiger partial charge on any atom is -0.455 e. The van der Waals surface area contributed by atoms with Crippen LogP contribution in [0.5, 0.6) is 0 Å². The van der Waals surface area contributed by atoms with Crippen LogP contribution in [0, 0.1) is 18.3 Å². The van der Waals surface area contributed by atoms with E-state index in [2.05, 4.69) is 4.98 Å². The predicted octanol–water partition coefficient (Wildman–Crippen LogP) is 3.08. The van der Waals surface area contributed by atoms with E-state index in [1.807, 2.05) is 0 Å². The molecule has 0 aromatic carbocycles. The predicted molar refractivity (Wildman–Crippen MR) is 123 cm³/mol. The summed E-state index contributed by atoms with van der Waals surface area (Å²) >= 11 is 6.47. The summed E-state index contributed by atoms with van der Waals surface area (Å²) in [5.41, 5.74) is -1.18. The first-order valence-electron chi connectivity index (χ1n) is 11.6. The number of cyclic esters (lactones) is 1. The maximum atomic E-state index is 15.2. The van der Waals surface area contributed by atoms with E-state index in [1.165, 1.54) is 27.0 Å². The molecular weight excluding hydrogens is 485 g/mol. The topological polar surface area (TPSA) is 132 Å². The van der Waals surface area contributed by atoms with Crippen LogP contribution in [0.15, 0.2) is 16.5 Å². The van der Waals surface area contributed by atoms with Crippen molar-refractivity contribution in [1.82, 2.24) is 4.98 Å². The molecule has 2 fully saturated rings. The van der Waals surface area contributed by atoms with Gasteiger partial charge in [-0.1, -0.05) is 32.4 Å². The van der Waals surface area contributed by atoms with E-state index in [9.17, 15) is 19.8 Å². The molecule has 1 aromatic heterocycles. The highest BCUT2D eigenvalue weighted by Crippen LogP contribution is 2.47. The number of aliphatic hydroxyl groups excluding tert-OH is 2. The third-order valence-electron chi connectivity index (χ3n) is 6.75. The molecule has 9 nitrogen and oxygen atoms in total. The Morgan fingerprint density at radius 3 is 2.60 bits per heavy atom. The number of aliphatic hydroxyl groups is 2. The van der Waals surface area contributed by atoms with Gasteiger partial charge in [0.1, 0.15) is 29.7 Å². The van der Waals surface area contributed by atoms with Gasteiger partial charge in [0.15, 0.2) is 17.1 Å². The second-order valence-corrected chi connectivity index (χ2v) is 10.5. The summed E-state index contributed by atoms with van der Waals surface area (Å²) in [7, 11) is 0. The Morgan fingerprint density at radius 1 is 1.29 bits per heavy atom. The van der Waals surface area contributed by atoms with Crippen molar-refractivity contribution in [2.75, 3.05) is 6.61 Å². The number of carbonyl (C=O) groups is 2. The van der Waals surface area contributed by atoms with Gasteiger partial charge < -0.3 is 28.8 Å². The summed E-state index contributed by atoms with van der Waals surface area (Å²) < 4.78 is 36.8. The third-order valence-corrected chi connectivity index (χ3v) is 7.27. The third kappa shape index (κ3) is 6.48. The molecule has 0 saturated carbocycles. The van der Waals surface area contributed by atoms with Gasteiger partial charge in [0.2, 0.25) is 0 Å². The van der Waals surface area contributed by atoms with Crippen molar-refractivity contribution in [3.63, 3.8) is 0 Å². The van der Waals surface area contributed by atoms with E-state index in [0.29, 0.717) is 5.89 Å². The normalized spacial score (nSPS) is 37.5. The number of aryl methyl sites for hydroxylation is 1. The highest BCUT2D eigenvalue weighted by atomic mass is 35.5. The zero-order valence-corrected chi connectivity index (χ0v) is 21.3. The van der Waals surface area contributed by atoms with Crippen LogP contribution in [0.4, 0.5) is 4.39 Å². The van der Waals surface area contributed by atoms with Gasteiger partial charge in [-0.25, -0.2) is 9.37 Å². The van der Waals surface area contributed by atoms with Crippen LogP contribution < -0.4 is 0 Å². The Hall–Kier alpha value is -1.85. The van der Waals surface area contributed by atoms with Crippen molar-refractivity contribution >= 4 is 29.4 Å². The molecule has 0 amide bonds. The molecule has 0 radical (unpaired) electrons. The lowest BCUT2D eigenvalue weighted by molar-refractivity contribution is -0.155. The molecule has 2 aliphatic heterocycles. The first-order chi connectivity index (χ1) is 16.2. The number of esters is 1. The SMILES string of the molecule is Cc1nc(C=C(F)[C@@H]2C[C@@H]3O[C@]3(Cl)CCO[C@@H](C)[C@@H](O)[C@@H](C)C(=O)C(C)(C)[C@@H](O)CC(=O)O2)co1. The van der Waals surface area contributed by atoms with Gasteiger partial charge in [-0.2, -0.15) is 0 Å². The van der Waals surface area contributed by atoms with Gasteiger partial charge >= 0.3 is 5.97 Å². The molecule has 0 spiro atoms. The van der Waals surface area contributed by atoms with Gasteiger partial charge in [0.25, 0.3) is 0 Å². The number of nitrogens with zero attached hydrogens (tertiary/aromatic N) is 1. The smallest absolute Gasteiger partial charge is 0.309 e. The van der Waals surface area contributed by atoms with Crippen molar-refractivity contribution in [3.8, 4) is 0 Å². The van der Waals surface area contributed by atoms with Crippen LogP contribution in [0.1, 0.15) is 58.5 Å². The van der Waals surface area contributed by atoms with Crippen molar-refractivity contribution in [1.29, 1.82) is 0 Å². The lowest BCUT2D eigenvalue weighted by atomic mass is 9.74. The number of hydrogen-bond donors (Lipinski definition) is 2. The first kappa shape index (κ1) is 27.7. The average molecular weight is 518 g/mol. The average Bonchev–Trinajstić information content (AvgIpc) is 3.22. The second-order valence-electron chi connectivity index (χ2n) is 9.84. The molecule has 196 valence electrons.